The predicted molar refractivity (Wildman–Crippen MR) is 86.0 cm³/mol. The number of ether oxygens (including phenoxy) is 1. The first-order valence-corrected chi connectivity index (χ1v) is 8.80. The van der Waals surface area contributed by atoms with Crippen molar-refractivity contribution in [3.05, 3.63) is 54.1 Å². The molecule has 138 valence electrons. The van der Waals surface area contributed by atoms with Gasteiger partial charge in [-0.15, -0.1) is 0 Å². The summed E-state index contributed by atoms with van der Waals surface area (Å²) < 4.78 is 70.8. The fourth-order valence-corrected chi connectivity index (χ4v) is 4.06. The number of hydrogen-bond donors (Lipinski definition) is 1. The number of amides is 1. The summed E-state index contributed by atoms with van der Waals surface area (Å²) >= 11 is 0. The normalized spacial score (nSPS) is 17.3. The van der Waals surface area contributed by atoms with Crippen LogP contribution in [0.5, 0.6) is 5.75 Å². The number of nitrogens with zero attached hydrogens (tertiary/aromatic N) is 1. The van der Waals surface area contributed by atoms with Crippen LogP contribution in [0.25, 0.3) is 0 Å². The van der Waals surface area contributed by atoms with E-state index in [1.807, 2.05) is 0 Å². The minimum Gasteiger partial charge on any atom is -0.476 e. The number of carbonyl (C=O) groups is 1. The van der Waals surface area contributed by atoms with Crippen LogP contribution in [-0.2, 0) is 21.0 Å². The molecule has 0 unspecified atom stereocenters. The number of fused-ring (bicyclic) bond motifs is 1. The van der Waals surface area contributed by atoms with Crippen molar-refractivity contribution in [3.8, 4) is 5.75 Å². The van der Waals surface area contributed by atoms with Crippen LogP contribution in [0.2, 0.25) is 0 Å². The molecule has 1 aliphatic rings. The van der Waals surface area contributed by atoms with Gasteiger partial charge in [0.25, 0.3) is 15.9 Å². The summed E-state index contributed by atoms with van der Waals surface area (Å²) in [5.74, 6) is -0.790. The second kappa shape index (κ2) is 6.20. The average molecular weight is 386 g/mol. The van der Waals surface area contributed by atoms with Gasteiger partial charge in [-0.05, 0) is 30.3 Å². The first-order chi connectivity index (χ1) is 12.1. The van der Waals surface area contributed by atoms with Gasteiger partial charge in [0.2, 0.25) is 0 Å². The number of para-hydroxylation sites is 2. The largest absolute Gasteiger partial charge is 0.476 e. The average Bonchev–Trinajstić information content (AvgIpc) is 2.60. The van der Waals surface area contributed by atoms with Gasteiger partial charge in [-0.1, -0.05) is 18.2 Å². The molecule has 6 nitrogen and oxygen atoms in total. The Balaban J connectivity index is 2.11. The van der Waals surface area contributed by atoms with E-state index in [-0.39, 0.29) is 11.4 Å². The molecular formula is C16H13F3N2O4S. The molecule has 0 spiro atoms. The van der Waals surface area contributed by atoms with Crippen molar-refractivity contribution < 1.29 is 31.1 Å². The van der Waals surface area contributed by atoms with Crippen LogP contribution in [0.3, 0.4) is 0 Å². The van der Waals surface area contributed by atoms with Gasteiger partial charge in [-0.25, -0.2) is 8.42 Å². The summed E-state index contributed by atoms with van der Waals surface area (Å²) in [6.07, 6.45) is -5.95. The summed E-state index contributed by atoms with van der Waals surface area (Å²) in [7, 11) is -4.38. The lowest BCUT2D eigenvalue weighted by Gasteiger charge is -2.34. The van der Waals surface area contributed by atoms with E-state index in [0.717, 1.165) is 22.5 Å². The second-order valence-corrected chi connectivity index (χ2v) is 7.40. The Bertz CT molecular complexity index is 960. The Morgan fingerprint density at radius 1 is 1.15 bits per heavy atom. The van der Waals surface area contributed by atoms with Crippen LogP contribution in [0.15, 0.2) is 53.4 Å². The summed E-state index contributed by atoms with van der Waals surface area (Å²) in [4.78, 5) is 10.9. The highest BCUT2D eigenvalue weighted by molar-refractivity contribution is 7.92. The Morgan fingerprint density at radius 3 is 2.50 bits per heavy atom. The Kier molecular flexibility index (Phi) is 4.31. The number of halogens is 3. The van der Waals surface area contributed by atoms with Gasteiger partial charge < -0.3 is 10.5 Å². The summed E-state index contributed by atoms with van der Waals surface area (Å²) in [6.45, 7) is -0.440. The molecule has 10 heteroatoms. The van der Waals surface area contributed by atoms with Gasteiger partial charge >= 0.3 is 6.18 Å². The lowest BCUT2D eigenvalue weighted by atomic mass is 10.2. The van der Waals surface area contributed by atoms with Crippen molar-refractivity contribution in [2.45, 2.75) is 17.2 Å². The number of hydrogen-bond acceptors (Lipinski definition) is 4. The van der Waals surface area contributed by atoms with Gasteiger partial charge in [-0.2, -0.15) is 13.2 Å². The van der Waals surface area contributed by atoms with E-state index < -0.39 is 45.2 Å². The summed E-state index contributed by atoms with van der Waals surface area (Å²) in [6, 6.07) is 9.37. The zero-order valence-corrected chi connectivity index (χ0v) is 13.9. The highest BCUT2D eigenvalue weighted by Gasteiger charge is 2.38. The molecular weight excluding hydrogens is 373 g/mol. The predicted octanol–water partition coefficient (Wildman–Crippen LogP) is 2.15. The first kappa shape index (κ1) is 18.1. The quantitative estimate of drug-likeness (QED) is 0.875. The van der Waals surface area contributed by atoms with E-state index in [2.05, 4.69) is 0 Å². The van der Waals surface area contributed by atoms with E-state index in [1.54, 1.807) is 12.1 Å². The maximum absolute atomic E-state index is 12.9. The van der Waals surface area contributed by atoms with Gasteiger partial charge in [0, 0.05) is 0 Å². The molecule has 2 aromatic rings. The van der Waals surface area contributed by atoms with Crippen molar-refractivity contribution in [1.29, 1.82) is 0 Å². The van der Waals surface area contributed by atoms with E-state index in [1.165, 1.54) is 12.1 Å². The second-order valence-electron chi connectivity index (χ2n) is 5.54. The minimum absolute atomic E-state index is 0.0955. The van der Waals surface area contributed by atoms with E-state index >= 15 is 0 Å². The van der Waals surface area contributed by atoms with Crippen molar-refractivity contribution >= 4 is 21.6 Å². The molecule has 2 N–H and O–H groups in total. The van der Waals surface area contributed by atoms with E-state index in [4.69, 9.17) is 10.5 Å². The minimum atomic E-state index is -4.69. The molecule has 0 saturated heterocycles. The molecule has 3 rings (SSSR count). The van der Waals surface area contributed by atoms with Crippen LogP contribution in [0, 0.1) is 0 Å². The number of rotatable bonds is 3. The van der Waals surface area contributed by atoms with Crippen molar-refractivity contribution in [2.75, 3.05) is 10.8 Å². The summed E-state index contributed by atoms with van der Waals surface area (Å²) in [5.41, 5.74) is 4.24. The van der Waals surface area contributed by atoms with Gasteiger partial charge in [0.05, 0.1) is 22.7 Å². The molecule has 1 amide bonds. The van der Waals surface area contributed by atoms with Crippen LogP contribution >= 0.6 is 0 Å². The molecule has 1 heterocycles. The van der Waals surface area contributed by atoms with Crippen LogP contribution < -0.4 is 14.8 Å². The first-order valence-electron chi connectivity index (χ1n) is 7.36. The molecule has 1 aliphatic heterocycles. The van der Waals surface area contributed by atoms with E-state index in [9.17, 15) is 26.4 Å². The third kappa shape index (κ3) is 3.19. The monoisotopic (exact) mass is 386 g/mol. The third-order valence-electron chi connectivity index (χ3n) is 3.80. The topological polar surface area (TPSA) is 89.7 Å². The maximum Gasteiger partial charge on any atom is 0.416 e. The van der Waals surface area contributed by atoms with E-state index in [0.29, 0.717) is 6.07 Å². The summed E-state index contributed by atoms with van der Waals surface area (Å²) in [5, 5.41) is 0. The lowest BCUT2D eigenvalue weighted by molar-refractivity contribution is -0.137. The third-order valence-corrected chi connectivity index (χ3v) is 5.58. The fourth-order valence-electron chi connectivity index (χ4n) is 2.54. The molecule has 0 aromatic heterocycles. The number of anilines is 1. The van der Waals surface area contributed by atoms with Crippen LogP contribution in [0.4, 0.5) is 18.9 Å². The molecule has 0 radical (unpaired) electrons. The molecule has 0 saturated carbocycles. The number of primary amides is 1. The Morgan fingerprint density at radius 2 is 1.85 bits per heavy atom. The van der Waals surface area contributed by atoms with Gasteiger partial charge in [-0.3, -0.25) is 9.10 Å². The molecule has 26 heavy (non-hydrogen) atoms. The smallest absolute Gasteiger partial charge is 0.416 e. The SMILES string of the molecule is NC(=O)[C@H]1CN(S(=O)(=O)c2cccc(C(F)(F)F)c2)c2ccccc2O1. The van der Waals surface area contributed by atoms with Crippen molar-refractivity contribution in [2.24, 2.45) is 5.73 Å². The molecule has 0 bridgehead atoms. The van der Waals surface area contributed by atoms with Gasteiger partial charge in [0.15, 0.2) is 6.10 Å². The zero-order valence-electron chi connectivity index (χ0n) is 13.1. The molecule has 1 atom stereocenters. The number of alkyl halides is 3. The van der Waals surface area contributed by atoms with Crippen molar-refractivity contribution in [3.63, 3.8) is 0 Å². The number of carbonyl (C=O) groups excluding carboxylic acids is 1. The van der Waals surface area contributed by atoms with Crippen LogP contribution in [0.1, 0.15) is 5.56 Å². The molecule has 0 aliphatic carbocycles. The van der Waals surface area contributed by atoms with Gasteiger partial charge in [0.1, 0.15) is 5.75 Å². The highest BCUT2D eigenvalue weighted by Crippen LogP contribution is 2.37. The number of sulfonamides is 1. The maximum atomic E-state index is 12.9. The fraction of sp³-hybridized carbons (Fsp3) is 0.188. The van der Waals surface area contributed by atoms with Crippen molar-refractivity contribution in [1.82, 2.24) is 0 Å². The standard InChI is InChI=1S/C16H13F3N2O4S/c17-16(18,19)10-4-3-5-11(8-10)26(23,24)21-9-14(15(20)22)25-13-7-2-1-6-12(13)21/h1-8,14H,9H2,(H2,20,22)/t14-/m1/s1. The van der Waals surface area contributed by atoms with Crippen LogP contribution in [-0.4, -0.2) is 27.0 Å². The Hall–Kier alpha value is -2.75. The lowest BCUT2D eigenvalue weighted by Crippen LogP contribution is -2.49. The Labute approximate surface area is 147 Å². The number of benzene rings is 2. The molecule has 0 fully saturated rings. The zero-order chi connectivity index (χ0) is 19.1. The highest BCUT2D eigenvalue weighted by atomic mass is 32.2. The number of nitrogens with two attached hydrogens (primary N) is 1. The molecule has 2 aromatic carbocycles.